The topological polar surface area (TPSA) is 25.2 Å². The third-order valence-electron chi connectivity index (χ3n) is 2.07. The quantitative estimate of drug-likeness (QED) is 0.592. The molecule has 0 saturated heterocycles. The van der Waals surface area contributed by atoms with E-state index in [9.17, 15) is 0 Å². The molecule has 1 aliphatic heterocycles. The van der Waals surface area contributed by atoms with Gasteiger partial charge < -0.3 is 0 Å². The van der Waals surface area contributed by atoms with E-state index in [0.29, 0.717) is 0 Å². The van der Waals surface area contributed by atoms with Crippen molar-refractivity contribution in [1.29, 1.82) is 0 Å². The van der Waals surface area contributed by atoms with Crippen molar-refractivity contribution in [2.45, 2.75) is 6.42 Å². The van der Waals surface area contributed by atoms with Gasteiger partial charge in [0.15, 0.2) is 0 Å². The van der Waals surface area contributed by atoms with Gasteiger partial charge in [-0.2, -0.15) is 0 Å². The summed E-state index contributed by atoms with van der Waals surface area (Å²) in [7, 11) is 0. The van der Waals surface area contributed by atoms with Crippen LogP contribution in [0, 0.1) is 0 Å². The predicted molar refractivity (Wildman–Crippen MR) is 50.4 cm³/mol. The SMILES string of the molecule is C1=CC2=Cc3ncsc3C(=N1)C2. The molecule has 0 N–H and O–H groups in total. The molecule has 1 aromatic heterocycles. The fourth-order valence-electron chi connectivity index (χ4n) is 1.51. The molecule has 2 aliphatic rings. The van der Waals surface area contributed by atoms with Gasteiger partial charge in [0.1, 0.15) is 0 Å². The number of hydrogen-bond donors (Lipinski definition) is 0. The van der Waals surface area contributed by atoms with E-state index in [1.807, 2.05) is 17.8 Å². The maximum absolute atomic E-state index is 4.33. The summed E-state index contributed by atoms with van der Waals surface area (Å²) < 4.78 is 0. The van der Waals surface area contributed by atoms with Gasteiger partial charge in [-0.05, 0) is 17.7 Å². The van der Waals surface area contributed by atoms with E-state index in [1.54, 1.807) is 11.3 Å². The number of rotatable bonds is 0. The fraction of sp³-hybridized carbons (Fsp3) is 0.111. The second-order valence-corrected chi connectivity index (χ2v) is 3.71. The Bertz CT molecular complexity index is 423. The van der Waals surface area contributed by atoms with Gasteiger partial charge in [-0.3, -0.25) is 4.99 Å². The highest BCUT2D eigenvalue weighted by molar-refractivity contribution is 7.12. The number of allylic oxidation sites excluding steroid dienone is 2. The molecule has 0 atom stereocenters. The summed E-state index contributed by atoms with van der Waals surface area (Å²) in [5.41, 5.74) is 5.46. The summed E-state index contributed by atoms with van der Waals surface area (Å²) in [6, 6.07) is 0. The highest BCUT2D eigenvalue weighted by Gasteiger charge is 2.19. The molecular weight excluding hydrogens is 168 g/mol. The summed E-state index contributed by atoms with van der Waals surface area (Å²) in [5, 5.41) is 0. The van der Waals surface area contributed by atoms with E-state index in [-0.39, 0.29) is 0 Å². The number of fused-ring (bicyclic) bond motifs is 4. The Morgan fingerprint density at radius 2 is 2.42 bits per heavy atom. The molecule has 0 radical (unpaired) electrons. The Hall–Kier alpha value is -1.22. The van der Waals surface area contributed by atoms with Gasteiger partial charge in [0.25, 0.3) is 0 Å². The highest BCUT2D eigenvalue weighted by Crippen LogP contribution is 2.29. The average Bonchev–Trinajstić information content (AvgIpc) is 2.53. The molecule has 1 aliphatic carbocycles. The molecule has 58 valence electrons. The lowest BCUT2D eigenvalue weighted by Gasteiger charge is -2.14. The van der Waals surface area contributed by atoms with Crippen LogP contribution >= 0.6 is 11.3 Å². The lowest BCUT2D eigenvalue weighted by molar-refractivity contribution is 1.24. The van der Waals surface area contributed by atoms with Gasteiger partial charge in [-0.25, -0.2) is 4.98 Å². The maximum Gasteiger partial charge on any atom is 0.0833 e. The third kappa shape index (κ3) is 0.741. The molecule has 2 nitrogen and oxygen atoms in total. The van der Waals surface area contributed by atoms with Crippen LogP contribution in [0.1, 0.15) is 17.0 Å². The minimum absolute atomic E-state index is 0.978. The van der Waals surface area contributed by atoms with Crippen LogP contribution in [0.25, 0.3) is 6.08 Å². The molecule has 12 heavy (non-hydrogen) atoms. The summed E-state index contributed by atoms with van der Waals surface area (Å²) in [4.78, 5) is 9.83. The first-order valence-electron chi connectivity index (χ1n) is 3.81. The van der Waals surface area contributed by atoms with Gasteiger partial charge in [-0.15, -0.1) is 11.3 Å². The van der Waals surface area contributed by atoms with Crippen LogP contribution in [0.5, 0.6) is 0 Å². The van der Waals surface area contributed by atoms with E-state index in [1.165, 1.54) is 16.2 Å². The highest BCUT2D eigenvalue weighted by atomic mass is 32.1. The van der Waals surface area contributed by atoms with E-state index in [0.717, 1.165) is 12.1 Å². The Morgan fingerprint density at radius 3 is 3.42 bits per heavy atom. The van der Waals surface area contributed by atoms with Crippen molar-refractivity contribution in [2.24, 2.45) is 4.99 Å². The fourth-order valence-corrected chi connectivity index (χ4v) is 2.27. The van der Waals surface area contributed by atoms with Crippen molar-refractivity contribution in [3.8, 4) is 0 Å². The summed E-state index contributed by atoms with van der Waals surface area (Å²) in [5.74, 6) is 0. The average molecular weight is 174 g/mol. The molecule has 3 rings (SSSR count). The first kappa shape index (κ1) is 6.31. The smallest absolute Gasteiger partial charge is 0.0833 e. The van der Waals surface area contributed by atoms with Crippen molar-refractivity contribution < 1.29 is 0 Å². The lowest BCUT2D eigenvalue weighted by Crippen LogP contribution is -2.08. The Balaban J connectivity index is 2.34. The predicted octanol–water partition coefficient (Wildman–Crippen LogP) is 2.25. The van der Waals surface area contributed by atoms with Crippen LogP contribution in [0.2, 0.25) is 0 Å². The molecule has 2 heterocycles. The molecule has 0 spiro atoms. The zero-order chi connectivity index (χ0) is 7.97. The van der Waals surface area contributed by atoms with Crippen LogP contribution in [0.4, 0.5) is 0 Å². The molecule has 2 bridgehead atoms. The monoisotopic (exact) mass is 174 g/mol. The summed E-state index contributed by atoms with van der Waals surface area (Å²) >= 11 is 1.67. The molecule has 1 aromatic rings. The second-order valence-electron chi connectivity index (χ2n) is 2.85. The number of aromatic nitrogens is 1. The lowest BCUT2D eigenvalue weighted by atomic mass is 9.98. The van der Waals surface area contributed by atoms with Crippen LogP contribution in [-0.4, -0.2) is 10.7 Å². The van der Waals surface area contributed by atoms with Gasteiger partial charge >= 0.3 is 0 Å². The van der Waals surface area contributed by atoms with Crippen molar-refractivity contribution >= 4 is 23.1 Å². The van der Waals surface area contributed by atoms with Gasteiger partial charge in [0.05, 0.1) is 21.8 Å². The van der Waals surface area contributed by atoms with Gasteiger partial charge in [-0.1, -0.05) is 0 Å². The van der Waals surface area contributed by atoms with Crippen LogP contribution in [0.15, 0.2) is 28.4 Å². The molecule has 0 fully saturated rings. The van der Waals surface area contributed by atoms with E-state index >= 15 is 0 Å². The largest absolute Gasteiger partial charge is 0.259 e. The van der Waals surface area contributed by atoms with Gasteiger partial charge in [0, 0.05) is 12.6 Å². The Morgan fingerprint density at radius 1 is 1.42 bits per heavy atom. The zero-order valence-corrected chi connectivity index (χ0v) is 7.14. The molecule has 3 heteroatoms. The van der Waals surface area contributed by atoms with Crippen molar-refractivity contribution in [2.75, 3.05) is 0 Å². The first-order valence-corrected chi connectivity index (χ1v) is 4.69. The molecule has 0 saturated carbocycles. The molecule has 0 unspecified atom stereocenters. The van der Waals surface area contributed by atoms with Crippen LogP contribution in [-0.2, 0) is 0 Å². The minimum Gasteiger partial charge on any atom is -0.259 e. The van der Waals surface area contributed by atoms with Crippen molar-refractivity contribution in [1.82, 2.24) is 4.98 Å². The van der Waals surface area contributed by atoms with Crippen molar-refractivity contribution in [3.63, 3.8) is 0 Å². The maximum atomic E-state index is 4.33. The standard InChI is InChI=1S/C9H6N2S/c1-2-10-7-3-6(1)4-8-9(7)12-5-11-8/h1-2,4-5H,3H2. The molecular formula is C9H6N2S. The van der Waals surface area contributed by atoms with E-state index < -0.39 is 0 Å². The van der Waals surface area contributed by atoms with E-state index in [2.05, 4.69) is 16.1 Å². The number of aliphatic imine (C=N–C) groups is 1. The zero-order valence-electron chi connectivity index (χ0n) is 6.32. The van der Waals surface area contributed by atoms with Crippen LogP contribution in [0.3, 0.4) is 0 Å². The third-order valence-corrected chi connectivity index (χ3v) is 2.96. The Kier molecular flexibility index (Phi) is 1.12. The minimum atomic E-state index is 0.978. The van der Waals surface area contributed by atoms with Gasteiger partial charge in [0.2, 0.25) is 0 Å². The summed E-state index contributed by atoms with van der Waals surface area (Å²) in [6.07, 6.45) is 7.03. The first-order chi connectivity index (χ1) is 5.93. The number of hydrogen-bond acceptors (Lipinski definition) is 3. The normalized spacial score (nSPS) is 18.3. The second kappa shape index (κ2) is 2.14. The molecule has 0 aromatic carbocycles. The Labute approximate surface area is 74.0 Å². The number of nitrogens with zero attached hydrogens (tertiary/aromatic N) is 2. The molecule has 0 amide bonds. The van der Waals surface area contributed by atoms with Crippen LogP contribution < -0.4 is 0 Å². The summed E-state index contributed by atoms with van der Waals surface area (Å²) in [6.45, 7) is 0. The van der Waals surface area contributed by atoms with E-state index in [4.69, 9.17) is 0 Å². The number of thiazole rings is 1. The van der Waals surface area contributed by atoms with Crippen molar-refractivity contribution in [3.05, 3.63) is 33.9 Å².